The Morgan fingerprint density at radius 1 is 1.27 bits per heavy atom. The Bertz CT molecular complexity index is 485. The molecule has 0 aromatic heterocycles. The van der Waals surface area contributed by atoms with Gasteiger partial charge in [-0.15, -0.1) is 0 Å². The molecule has 4 heteroatoms. The van der Waals surface area contributed by atoms with Crippen molar-refractivity contribution in [3.63, 3.8) is 0 Å². The van der Waals surface area contributed by atoms with Crippen LogP contribution in [0.25, 0.3) is 0 Å². The SMILES string of the molecule is CC(CC#N)N(C)CC(O)COc1ccc(C(C)(C)C)cc1. The van der Waals surface area contributed by atoms with E-state index in [0.717, 1.165) is 5.75 Å². The molecule has 0 aliphatic carbocycles. The van der Waals surface area contributed by atoms with Crippen molar-refractivity contribution in [2.24, 2.45) is 0 Å². The summed E-state index contributed by atoms with van der Waals surface area (Å²) in [7, 11) is 1.91. The minimum atomic E-state index is -0.576. The highest BCUT2D eigenvalue weighted by molar-refractivity contribution is 5.31. The lowest BCUT2D eigenvalue weighted by atomic mass is 9.87. The lowest BCUT2D eigenvalue weighted by Crippen LogP contribution is -2.38. The number of benzene rings is 1. The summed E-state index contributed by atoms with van der Waals surface area (Å²) in [5.74, 6) is 0.764. The van der Waals surface area contributed by atoms with Crippen LogP contribution in [-0.4, -0.2) is 42.4 Å². The van der Waals surface area contributed by atoms with Gasteiger partial charge in [0.25, 0.3) is 0 Å². The zero-order valence-electron chi connectivity index (χ0n) is 14.3. The van der Waals surface area contributed by atoms with Crippen molar-refractivity contribution in [3.05, 3.63) is 29.8 Å². The topological polar surface area (TPSA) is 56.5 Å². The van der Waals surface area contributed by atoms with Crippen molar-refractivity contribution >= 4 is 0 Å². The van der Waals surface area contributed by atoms with Gasteiger partial charge in [0.15, 0.2) is 0 Å². The van der Waals surface area contributed by atoms with Gasteiger partial charge in [0, 0.05) is 12.6 Å². The fourth-order valence-corrected chi connectivity index (χ4v) is 2.10. The van der Waals surface area contributed by atoms with Crippen LogP contribution in [0.15, 0.2) is 24.3 Å². The fourth-order valence-electron chi connectivity index (χ4n) is 2.10. The molecule has 0 heterocycles. The van der Waals surface area contributed by atoms with Gasteiger partial charge in [-0.05, 0) is 37.1 Å². The van der Waals surface area contributed by atoms with E-state index in [2.05, 4.69) is 39.0 Å². The van der Waals surface area contributed by atoms with Crippen molar-refractivity contribution in [1.29, 1.82) is 5.26 Å². The second kappa shape index (κ2) is 8.17. The Morgan fingerprint density at radius 3 is 2.36 bits per heavy atom. The Kier molecular flexibility index (Phi) is 6.86. The van der Waals surface area contributed by atoms with Crippen molar-refractivity contribution < 1.29 is 9.84 Å². The molecule has 1 aromatic rings. The summed E-state index contributed by atoms with van der Waals surface area (Å²) in [5.41, 5.74) is 1.38. The molecule has 4 nitrogen and oxygen atoms in total. The van der Waals surface area contributed by atoms with Crippen LogP contribution in [0.4, 0.5) is 0 Å². The van der Waals surface area contributed by atoms with Crippen LogP contribution in [0.1, 0.15) is 39.7 Å². The number of nitriles is 1. The lowest BCUT2D eigenvalue weighted by molar-refractivity contribution is 0.0660. The Labute approximate surface area is 134 Å². The van der Waals surface area contributed by atoms with Gasteiger partial charge < -0.3 is 9.84 Å². The van der Waals surface area contributed by atoms with Gasteiger partial charge in [0.2, 0.25) is 0 Å². The first-order valence-corrected chi connectivity index (χ1v) is 7.72. The third-order valence-corrected chi connectivity index (χ3v) is 3.80. The first-order chi connectivity index (χ1) is 10.2. The molecule has 0 aliphatic rings. The lowest BCUT2D eigenvalue weighted by Gasteiger charge is -2.25. The number of nitrogens with zero attached hydrogens (tertiary/aromatic N) is 2. The number of aliphatic hydroxyl groups is 1. The monoisotopic (exact) mass is 304 g/mol. The van der Waals surface area contributed by atoms with Crippen LogP contribution in [0, 0.1) is 11.3 Å². The first kappa shape index (κ1) is 18.5. The molecule has 0 bridgehead atoms. The van der Waals surface area contributed by atoms with E-state index >= 15 is 0 Å². The summed E-state index contributed by atoms with van der Waals surface area (Å²) in [6, 6.07) is 10.3. The number of aliphatic hydroxyl groups excluding tert-OH is 1. The molecule has 1 N–H and O–H groups in total. The number of likely N-dealkylation sites (N-methyl/N-ethyl adjacent to an activating group) is 1. The minimum Gasteiger partial charge on any atom is -0.491 e. The van der Waals surface area contributed by atoms with Crippen LogP contribution in [0.5, 0.6) is 5.75 Å². The molecular formula is C18H28N2O2. The van der Waals surface area contributed by atoms with Crippen molar-refractivity contribution in [2.75, 3.05) is 20.2 Å². The molecule has 0 radical (unpaired) electrons. The van der Waals surface area contributed by atoms with Gasteiger partial charge in [-0.2, -0.15) is 5.26 Å². The summed E-state index contributed by atoms with van der Waals surface area (Å²) < 4.78 is 5.63. The molecule has 0 aliphatic heterocycles. The molecule has 1 aromatic carbocycles. The van der Waals surface area contributed by atoms with Crippen LogP contribution < -0.4 is 4.74 Å². The molecular weight excluding hydrogens is 276 g/mol. The van der Waals surface area contributed by atoms with E-state index in [1.165, 1.54) is 5.56 Å². The molecule has 122 valence electrons. The summed E-state index contributed by atoms with van der Waals surface area (Å²) in [5, 5.41) is 18.7. The molecule has 0 saturated carbocycles. The van der Waals surface area contributed by atoms with Crippen LogP contribution in [0.2, 0.25) is 0 Å². The molecule has 1 rings (SSSR count). The van der Waals surface area contributed by atoms with E-state index in [9.17, 15) is 5.11 Å². The Hall–Kier alpha value is -1.57. The maximum absolute atomic E-state index is 10.0. The van der Waals surface area contributed by atoms with Gasteiger partial charge in [0.1, 0.15) is 18.5 Å². The highest BCUT2D eigenvalue weighted by Gasteiger charge is 2.15. The second-order valence-electron chi connectivity index (χ2n) is 6.89. The van der Waals surface area contributed by atoms with Crippen molar-refractivity contribution in [1.82, 2.24) is 4.90 Å². The van der Waals surface area contributed by atoms with Gasteiger partial charge >= 0.3 is 0 Å². The van der Waals surface area contributed by atoms with E-state index in [1.807, 2.05) is 31.0 Å². The van der Waals surface area contributed by atoms with Crippen LogP contribution >= 0.6 is 0 Å². The summed E-state index contributed by atoms with van der Waals surface area (Å²) >= 11 is 0. The number of rotatable bonds is 7. The summed E-state index contributed by atoms with van der Waals surface area (Å²) in [4.78, 5) is 1.97. The standard InChI is InChI=1S/C18H28N2O2/c1-14(10-11-19)20(5)12-16(21)13-22-17-8-6-15(7-9-17)18(2,3)4/h6-9,14,16,21H,10,12-13H2,1-5H3. The van der Waals surface area contributed by atoms with Gasteiger partial charge in [-0.3, -0.25) is 4.90 Å². The summed E-state index contributed by atoms with van der Waals surface area (Å²) in [6.45, 7) is 9.23. The Morgan fingerprint density at radius 2 is 1.86 bits per heavy atom. The molecule has 0 saturated heterocycles. The van der Waals surface area contributed by atoms with Crippen molar-refractivity contribution in [3.8, 4) is 11.8 Å². The van der Waals surface area contributed by atoms with E-state index in [0.29, 0.717) is 13.0 Å². The number of hydrogen-bond acceptors (Lipinski definition) is 4. The highest BCUT2D eigenvalue weighted by Crippen LogP contribution is 2.24. The summed E-state index contributed by atoms with van der Waals surface area (Å²) in [6.07, 6.45) is -0.119. The van der Waals surface area contributed by atoms with Gasteiger partial charge in [-0.25, -0.2) is 0 Å². The zero-order chi connectivity index (χ0) is 16.8. The minimum absolute atomic E-state index is 0.123. The van der Waals surface area contributed by atoms with Crippen LogP contribution in [0.3, 0.4) is 0 Å². The second-order valence-corrected chi connectivity index (χ2v) is 6.89. The maximum atomic E-state index is 10.0. The smallest absolute Gasteiger partial charge is 0.119 e. The van der Waals surface area contributed by atoms with Gasteiger partial charge in [0.05, 0.1) is 12.5 Å². The average Bonchev–Trinajstić information content (AvgIpc) is 2.45. The van der Waals surface area contributed by atoms with E-state index in [4.69, 9.17) is 10.00 Å². The third kappa shape index (κ3) is 6.05. The predicted molar refractivity (Wildman–Crippen MR) is 89.0 cm³/mol. The molecule has 2 unspecified atom stereocenters. The van der Waals surface area contributed by atoms with E-state index in [1.54, 1.807) is 0 Å². The predicted octanol–water partition coefficient (Wildman–Crippen LogP) is 2.96. The average molecular weight is 304 g/mol. The normalized spacial score (nSPS) is 14.5. The van der Waals surface area contributed by atoms with Gasteiger partial charge in [-0.1, -0.05) is 32.9 Å². The van der Waals surface area contributed by atoms with Crippen LogP contribution in [-0.2, 0) is 5.41 Å². The quantitative estimate of drug-likeness (QED) is 0.841. The number of ether oxygens (including phenoxy) is 1. The molecule has 0 amide bonds. The molecule has 2 atom stereocenters. The van der Waals surface area contributed by atoms with E-state index < -0.39 is 6.10 Å². The molecule has 0 fully saturated rings. The Balaban J connectivity index is 2.44. The third-order valence-electron chi connectivity index (χ3n) is 3.80. The number of hydrogen-bond donors (Lipinski definition) is 1. The highest BCUT2D eigenvalue weighted by atomic mass is 16.5. The largest absolute Gasteiger partial charge is 0.491 e. The fraction of sp³-hybridized carbons (Fsp3) is 0.611. The molecule has 0 spiro atoms. The maximum Gasteiger partial charge on any atom is 0.119 e. The van der Waals surface area contributed by atoms with E-state index in [-0.39, 0.29) is 18.1 Å². The first-order valence-electron chi connectivity index (χ1n) is 7.72. The van der Waals surface area contributed by atoms with Crippen molar-refractivity contribution in [2.45, 2.75) is 51.7 Å². The zero-order valence-corrected chi connectivity index (χ0v) is 14.3. The molecule has 22 heavy (non-hydrogen) atoms.